The lowest BCUT2D eigenvalue weighted by Crippen LogP contribution is -1.95. The van der Waals surface area contributed by atoms with E-state index < -0.39 is 0 Å². The van der Waals surface area contributed by atoms with E-state index in [2.05, 4.69) is 38.4 Å². The van der Waals surface area contributed by atoms with Gasteiger partial charge in [0.15, 0.2) is 0 Å². The van der Waals surface area contributed by atoms with E-state index in [1.165, 1.54) is 0 Å². The summed E-state index contributed by atoms with van der Waals surface area (Å²) in [5, 5.41) is 10.3. The predicted molar refractivity (Wildman–Crippen MR) is 65.5 cm³/mol. The fourth-order valence-corrected chi connectivity index (χ4v) is 1.79. The number of rotatable bonds is 3. The topological polar surface area (TPSA) is 77.0 Å². The lowest BCUT2D eigenvalue weighted by Gasteiger charge is -2.07. The average molecular weight is 283 g/mol. The van der Waals surface area contributed by atoms with Crippen molar-refractivity contribution < 1.29 is 4.42 Å². The molecule has 84 valence electrons. The third kappa shape index (κ3) is 2.33. The van der Waals surface area contributed by atoms with Gasteiger partial charge in [0.25, 0.3) is 0 Å². The molecule has 0 aliphatic heterocycles. The normalized spacial score (nSPS) is 10.4. The predicted octanol–water partition coefficient (Wildman–Crippen LogP) is 2.72. The van der Waals surface area contributed by atoms with Gasteiger partial charge in [-0.05, 0) is 30.2 Å². The molecule has 1 aromatic carbocycles. The van der Waals surface area contributed by atoms with Crippen LogP contribution < -0.4 is 11.1 Å². The number of aryl methyl sites for hydroxylation is 1. The van der Waals surface area contributed by atoms with Gasteiger partial charge < -0.3 is 15.5 Å². The Hall–Kier alpha value is -1.56. The van der Waals surface area contributed by atoms with Gasteiger partial charge in [0.05, 0.1) is 0 Å². The van der Waals surface area contributed by atoms with E-state index in [-0.39, 0.29) is 6.01 Å². The van der Waals surface area contributed by atoms with Gasteiger partial charge in [-0.25, -0.2) is 0 Å². The molecule has 2 aromatic rings. The number of hydrogen-bond acceptors (Lipinski definition) is 5. The zero-order valence-electron chi connectivity index (χ0n) is 8.70. The van der Waals surface area contributed by atoms with E-state index in [1.54, 1.807) is 0 Å². The van der Waals surface area contributed by atoms with Gasteiger partial charge >= 0.3 is 12.0 Å². The maximum atomic E-state index is 5.34. The molecule has 3 N–H and O–H groups in total. The first-order chi connectivity index (χ1) is 7.69. The van der Waals surface area contributed by atoms with Crippen LogP contribution in [0.2, 0.25) is 0 Å². The van der Waals surface area contributed by atoms with Crippen molar-refractivity contribution in [3.05, 3.63) is 28.2 Å². The molecule has 0 spiro atoms. The van der Waals surface area contributed by atoms with Gasteiger partial charge in [0.1, 0.15) is 0 Å². The zero-order chi connectivity index (χ0) is 11.5. The number of nitrogens with one attached hydrogen (secondary N) is 1. The van der Waals surface area contributed by atoms with E-state index in [0.717, 1.165) is 22.1 Å². The molecular weight excluding hydrogens is 272 g/mol. The van der Waals surface area contributed by atoms with Crippen molar-refractivity contribution in [1.29, 1.82) is 0 Å². The summed E-state index contributed by atoms with van der Waals surface area (Å²) in [4.78, 5) is 0. The van der Waals surface area contributed by atoms with Crippen LogP contribution in [0.1, 0.15) is 12.5 Å². The number of hydrogen-bond donors (Lipinski definition) is 2. The van der Waals surface area contributed by atoms with E-state index in [1.807, 2.05) is 18.2 Å². The highest BCUT2D eigenvalue weighted by molar-refractivity contribution is 9.10. The highest BCUT2D eigenvalue weighted by atomic mass is 79.9. The second kappa shape index (κ2) is 4.52. The molecule has 0 amide bonds. The standard InChI is InChI=1S/C10H11BrN4O/c1-2-6-5-7(11)3-4-8(6)13-10-15-14-9(12)16-10/h3-5H,2H2,1H3,(H2,12,14)(H,13,15). The SMILES string of the molecule is CCc1cc(Br)ccc1Nc1nnc(N)o1. The van der Waals surface area contributed by atoms with Crippen LogP contribution in [0.25, 0.3) is 0 Å². The minimum absolute atomic E-state index is 0.0534. The third-order valence-electron chi connectivity index (χ3n) is 2.13. The van der Waals surface area contributed by atoms with Crippen molar-refractivity contribution in [2.24, 2.45) is 0 Å². The Labute approximate surface area is 101 Å². The number of benzene rings is 1. The number of nitrogens with zero attached hydrogens (tertiary/aromatic N) is 2. The molecule has 0 fully saturated rings. The molecule has 0 bridgehead atoms. The smallest absolute Gasteiger partial charge is 0.321 e. The first-order valence-corrected chi connectivity index (χ1v) is 5.62. The number of aromatic nitrogens is 2. The van der Waals surface area contributed by atoms with Crippen LogP contribution in [0.15, 0.2) is 27.1 Å². The second-order valence-corrected chi connectivity index (χ2v) is 4.14. The summed E-state index contributed by atoms with van der Waals surface area (Å²) in [5.74, 6) is 0. The van der Waals surface area contributed by atoms with Crippen molar-refractivity contribution >= 4 is 33.6 Å². The van der Waals surface area contributed by atoms with Gasteiger partial charge in [-0.2, -0.15) is 0 Å². The van der Waals surface area contributed by atoms with Crippen LogP contribution in [0.3, 0.4) is 0 Å². The van der Waals surface area contributed by atoms with Gasteiger partial charge in [-0.3, -0.25) is 0 Å². The van der Waals surface area contributed by atoms with Gasteiger partial charge in [0, 0.05) is 10.2 Å². The third-order valence-corrected chi connectivity index (χ3v) is 2.62. The quantitative estimate of drug-likeness (QED) is 0.905. The van der Waals surface area contributed by atoms with Gasteiger partial charge in [-0.15, -0.1) is 0 Å². The fraction of sp³-hybridized carbons (Fsp3) is 0.200. The summed E-state index contributed by atoms with van der Waals surface area (Å²) >= 11 is 3.43. The first-order valence-electron chi connectivity index (χ1n) is 4.83. The Morgan fingerprint density at radius 3 is 2.88 bits per heavy atom. The van der Waals surface area contributed by atoms with Crippen LogP contribution in [-0.2, 0) is 6.42 Å². The molecule has 0 aliphatic rings. The monoisotopic (exact) mass is 282 g/mol. The molecule has 0 saturated carbocycles. The molecule has 0 radical (unpaired) electrons. The Bertz CT molecular complexity index is 497. The molecule has 0 aliphatic carbocycles. The van der Waals surface area contributed by atoms with E-state index >= 15 is 0 Å². The Morgan fingerprint density at radius 2 is 2.25 bits per heavy atom. The summed E-state index contributed by atoms with van der Waals surface area (Å²) in [7, 11) is 0. The maximum Gasteiger partial charge on any atom is 0.321 e. The Balaban J connectivity index is 2.27. The molecule has 16 heavy (non-hydrogen) atoms. The summed E-state index contributed by atoms with van der Waals surface area (Å²) in [6.45, 7) is 2.08. The highest BCUT2D eigenvalue weighted by Gasteiger charge is 2.06. The number of nitrogen functional groups attached to an aromatic ring is 1. The summed E-state index contributed by atoms with van der Waals surface area (Å²) in [6.07, 6.45) is 0.908. The van der Waals surface area contributed by atoms with Crippen molar-refractivity contribution in [2.45, 2.75) is 13.3 Å². The Kier molecular flexibility index (Phi) is 3.09. The summed E-state index contributed by atoms with van der Waals surface area (Å²) < 4.78 is 6.09. The molecule has 1 aromatic heterocycles. The number of halogens is 1. The molecule has 6 heteroatoms. The second-order valence-electron chi connectivity index (χ2n) is 3.23. The van der Waals surface area contributed by atoms with E-state index in [9.17, 15) is 0 Å². The van der Waals surface area contributed by atoms with Crippen molar-refractivity contribution in [3.63, 3.8) is 0 Å². The van der Waals surface area contributed by atoms with Gasteiger partial charge in [-0.1, -0.05) is 33.1 Å². The molecule has 1 heterocycles. The number of nitrogens with two attached hydrogens (primary N) is 1. The Morgan fingerprint density at radius 1 is 1.44 bits per heavy atom. The fourth-order valence-electron chi connectivity index (χ4n) is 1.38. The van der Waals surface area contributed by atoms with E-state index in [4.69, 9.17) is 10.2 Å². The van der Waals surface area contributed by atoms with Crippen molar-refractivity contribution in [1.82, 2.24) is 10.2 Å². The molecule has 2 rings (SSSR count). The maximum absolute atomic E-state index is 5.34. The largest absolute Gasteiger partial charge is 0.389 e. The summed E-state index contributed by atoms with van der Waals surface area (Å²) in [6, 6.07) is 6.29. The van der Waals surface area contributed by atoms with Crippen LogP contribution >= 0.6 is 15.9 Å². The molecule has 5 nitrogen and oxygen atoms in total. The van der Waals surface area contributed by atoms with Crippen molar-refractivity contribution in [3.8, 4) is 0 Å². The van der Waals surface area contributed by atoms with Gasteiger partial charge in [0.2, 0.25) is 0 Å². The van der Waals surface area contributed by atoms with Crippen LogP contribution in [0.4, 0.5) is 17.7 Å². The lowest BCUT2D eigenvalue weighted by atomic mass is 10.1. The molecule has 0 unspecified atom stereocenters. The van der Waals surface area contributed by atoms with E-state index in [0.29, 0.717) is 6.01 Å². The zero-order valence-corrected chi connectivity index (χ0v) is 10.3. The van der Waals surface area contributed by atoms with Crippen LogP contribution in [0.5, 0.6) is 0 Å². The first kappa shape index (κ1) is 10.9. The molecular formula is C10H11BrN4O. The highest BCUT2D eigenvalue weighted by Crippen LogP contribution is 2.24. The van der Waals surface area contributed by atoms with Crippen molar-refractivity contribution in [2.75, 3.05) is 11.1 Å². The minimum Gasteiger partial charge on any atom is -0.389 e. The average Bonchev–Trinajstić information content (AvgIpc) is 2.67. The minimum atomic E-state index is 0.0534. The van der Waals surface area contributed by atoms with Crippen LogP contribution in [0, 0.1) is 0 Å². The molecule has 0 atom stereocenters. The summed E-state index contributed by atoms with van der Waals surface area (Å²) in [5.41, 5.74) is 7.44. The molecule has 0 saturated heterocycles. The van der Waals surface area contributed by atoms with Crippen LogP contribution in [-0.4, -0.2) is 10.2 Å². The lowest BCUT2D eigenvalue weighted by molar-refractivity contribution is 0.593. The number of anilines is 3.